The number of carbonyl (C=O) groups excluding carboxylic acids is 2. The van der Waals surface area contributed by atoms with Crippen molar-refractivity contribution in [3.63, 3.8) is 0 Å². The minimum atomic E-state index is -0.433. The van der Waals surface area contributed by atoms with Gasteiger partial charge in [0, 0.05) is 4.47 Å². The highest BCUT2D eigenvalue weighted by molar-refractivity contribution is 9.10. The second-order valence-electron chi connectivity index (χ2n) is 5.06. The van der Waals surface area contributed by atoms with Crippen molar-refractivity contribution in [1.29, 1.82) is 0 Å². The summed E-state index contributed by atoms with van der Waals surface area (Å²) < 4.78 is 11.6. The van der Waals surface area contributed by atoms with E-state index in [0.29, 0.717) is 5.75 Å². The third-order valence-corrected chi connectivity index (χ3v) is 3.81. The molecule has 0 radical (unpaired) electrons. The Bertz CT molecular complexity index is 501. The van der Waals surface area contributed by atoms with Crippen LogP contribution in [0, 0.1) is 0 Å². The minimum Gasteiger partial charge on any atom is -0.484 e. The van der Waals surface area contributed by atoms with Crippen molar-refractivity contribution in [2.45, 2.75) is 31.8 Å². The number of benzene rings is 1. The van der Waals surface area contributed by atoms with Gasteiger partial charge in [0.05, 0.1) is 6.10 Å². The summed E-state index contributed by atoms with van der Waals surface area (Å²) in [6, 6.07) is 7.11. The maximum atomic E-state index is 11.5. The van der Waals surface area contributed by atoms with Crippen LogP contribution >= 0.6 is 15.9 Å². The van der Waals surface area contributed by atoms with Crippen LogP contribution in [-0.2, 0) is 14.3 Å². The number of nitrogens with one attached hydrogen (secondary N) is 2. The molecule has 7 heteroatoms. The third kappa shape index (κ3) is 6.03. The van der Waals surface area contributed by atoms with Gasteiger partial charge in [-0.15, -0.1) is 0 Å². The molecule has 1 aromatic carbocycles. The van der Waals surface area contributed by atoms with Gasteiger partial charge in [0.1, 0.15) is 12.4 Å². The Labute approximate surface area is 137 Å². The van der Waals surface area contributed by atoms with Crippen LogP contribution in [-0.4, -0.2) is 31.1 Å². The van der Waals surface area contributed by atoms with Crippen LogP contribution in [0.2, 0.25) is 0 Å². The second kappa shape index (κ2) is 8.75. The van der Waals surface area contributed by atoms with Crippen molar-refractivity contribution in [3.8, 4) is 5.75 Å². The molecule has 0 saturated heterocycles. The van der Waals surface area contributed by atoms with E-state index in [1.807, 2.05) is 12.1 Å². The van der Waals surface area contributed by atoms with Gasteiger partial charge in [-0.05, 0) is 37.1 Å². The van der Waals surface area contributed by atoms with Gasteiger partial charge in [-0.1, -0.05) is 28.8 Å². The summed E-state index contributed by atoms with van der Waals surface area (Å²) in [5, 5.41) is 0. The van der Waals surface area contributed by atoms with Crippen LogP contribution < -0.4 is 15.6 Å². The van der Waals surface area contributed by atoms with Crippen LogP contribution in [0.1, 0.15) is 25.7 Å². The zero-order valence-corrected chi connectivity index (χ0v) is 13.7. The Kier molecular flexibility index (Phi) is 6.67. The average molecular weight is 371 g/mol. The molecule has 2 N–H and O–H groups in total. The first-order valence-corrected chi connectivity index (χ1v) is 8.00. The van der Waals surface area contributed by atoms with Crippen LogP contribution in [0.5, 0.6) is 5.75 Å². The lowest BCUT2D eigenvalue weighted by Gasteiger charge is -2.12. The van der Waals surface area contributed by atoms with Gasteiger partial charge in [0.15, 0.2) is 6.61 Å². The molecule has 0 spiro atoms. The van der Waals surface area contributed by atoms with Gasteiger partial charge < -0.3 is 9.47 Å². The fraction of sp³-hybridized carbons (Fsp3) is 0.467. The molecule has 1 aromatic rings. The van der Waals surface area contributed by atoms with Crippen molar-refractivity contribution < 1.29 is 19.1 Å². The number of ether oxygens (including phenoxy) is 2. The van der Waals surface area contributed by atoms with Gasteiger partial charge >= 0.3 is 0 Å². The first-order valence-electron chi connectivity index (χ1n) is 7.21. The van der Waals surface area contributed by atoms with E-state index in [9.17, 15) is 9.59 Å². The molecule has 0 aliphatic heterocycles. The fourth-order valence-electron chi connectivity index (χ4n) is 2.14. The van der Waals surface area contributed by atoms with Crippen molar-refractivity contribution in [2.75, 3.05) is 13.2 Å². The summed E-state index contributed by atoms with van der Waals surface area (Å²) in [7, 11) is 0. The summed E-state index contributed by atoms with van der Waals surface area (Å²) in [5.74, 6) is -0.227. The topological polar surface area (TPSA) is 76.7 Å². The highest BCUT2D eigenvalue weighted by atomic mass is 79.9. The molecule has 0 bridgehead atoms. The van der Waals surface area contributed by atoms with Crippen LogP contribution in [0.15, 0.2) is 28.7 Å². The molecule has 6 nitrogen and oxygen atoms in total. The minimum absolute atomic E-state index is 0.0431. The number of carbonyl (C=O) groups is 2. The highest BCUT2D eigenvalue weighted by Gasteiger charge is 2.16. The summed E-state index contributed by atoms with van der Waals surface area (Å²) >= 11 is 3.31. The van der Waals surface area contributed by atoms with Crippen molar-refractivity contribution in [2.24, 2.45) is 0 Å². The molecular weight excluding hydrogens is 352 g/mol. The van der Waals surface area contributed by atoms with Crippen LogP contribution in [0.4, 0.5) is 0 Å². The van der Waals surface area contributed by atoms with E-state index in [1.54, 1.807) is 12.1 Å². The van der Waals surface area contributed by atoms with Crippen molar-refractivity contribution in [1.82, 2.24) is 10.9 Å². The quantitative estimate of drug-likeness (QED) is 0.750. The lowest BCUT2D eigenvalue weighted by Crippen LogP contribution is -2.45. The lowest BCUT2D eigenvalue weighted by molar-refractivity contribution is -0.133. The number of hydrogen-bond acceptors (Lipinski definition) is 4. The SMILES string of the molecule is O=C(COc1ccc(Br)cc1)NNC(=O)COC1CCCC1. The van der Waals surface area contributed by atoms with Gasteiger partial charge in [-0.3, -0.25) is 20.4 Å². The van der Waals surface area contributed by atoms with Crippen molar-refractivity contribution in [3.05, 3.63) is 28.7 Å². The molecular formula is C15H19BrN2O4. The van der Waals surface area contributed by atoms with E-state index in [0.717, 1.165) is 30.2 Å². The van der Waals surface area contributed by atoms with Gasteiger partial charge in [0.2, 0.25) is 0 Å². The standard InChI is InChI=1S/C15H19BrN2O4/c16-11-5-7-13(8-6-11)22-10-15(20)18-17-14(19)9-21-12-3-1-2-4-12/h5-8,12H,1-4,9-10H2,(H,17,19)(H,18,20). The number of hydrogen-bond donors (Lipinski definition) is 2. The first kappa shape index (κ1) is 16.8. The van der Waals surface area contributed by atoms with E-state index in [4.69, 9.17) is 9.47 Å². The number of hydrazine groups is 1. The van der Waals surface area contributed by atoms with E-state index < -0.39 is 5.91 Å². The Hall–Kier alpha value is -1.60. The molecule has 0 atom stereocenters. The molecule has 0 aromatic heterocycles. The number of amides is 2. The highest BCUT2D eigenvalue weighted by Crippen LogP contribution is 2.20. The maximum Gasteiger partial charge on any atom is 0.276 e. The molecule has 1 fully saturated rings. The van der Waals surface area contributed by atoms with Crippen LogP contribution in [0.3, 0.4) is 0 Å². The predicted octanol–water partition coefficient (Wildman–Crippen LogP) is 1.93. The van der Waals surface area contributed by atoms with Gasteiger partial charge in [-0.2, -0.15) is 0 Å². The molecule has 2 amide bonds. The summed E-state index contributed by atoms with van der Waals surface area (Å²) in [6.07, 6.45) is 4.47. The van der Waals surface area contributed by atoms with E-state index >= 15 is 0 Å². The van der Waals surface area contributed by atoms with Crippen LogP contribution in [0.25, 0.3) is 0 Å². The predicted molar refractivity (Wildman–Crippen MR) is 84.1 cm³/mol. The molecule has 120 valence electrons. The molecule has 0 heterocycles. The second-order valence-corrected chi connectivity index (χ2v) is 5.97. The normalized spacial score (nSPS) is 14.6. The summed E-state index contributed by atoms with van der Waals surface area (Å²) in [4.78, 5) is 23.1. The van der Waals surface area contributed by atoms with Crippen molar-refractivity contribution >= 4 is 27.7 Å². The lowest BCUT2D eigenvalue weighted by atomic mass is 10.3. The summed E-state index contributed by atoms with van der Waals surface area (Å²) in [5.41, 5.74) is 4.59. The molecule has 1 saturated carbocycles. The molecule has 1 aliphatic carbocycles. The molecule has 22 heavy (non-hydrogen) atoms. The zero-order valence-electron chi connectivity index (χ0n) is 12.1. The van der Waals surface area contributed by atoms with Gasteiger partial charge in [0.25, 0.3) is 11.8 Å². The Morgan fingerprint density at radius 1 is 1.05 bits per heavy atom. The fourth-order valence-corrected chi connectivity index (χ4v) is 2.40. The Morgan fingerprint density at radius 2 is 1.64 bits per heavy atom. The Morgan fingerprint density at radius 3 is 2.27 bits per heavy atom. The smallest absolute Gasteiger partial charge is 0.276 e. The molecule has 1 aliphatic rings. The van der Waals surface area contributed by atoms with Gasteiger partial charge in [-0.25, -0.2) is 0 Å². The average Bonchev–Trinajstić information content (AvgIpc) is 3.04. The zero-order chi connectivity index (χ0) is 15.8. The van der Waals surface area contributed by atoms with E-state index in [1.165, 1.54) is 0 Å². The van der Waals surface area contributed by atoms with E-state index in [-0.39, 0.29) is 25.2 Å². The maximum absolute atomic E-state index is 11.5. The summed E-state index contributed by atoms with van der Waals surface area (Å²) in [6.45, 7) is -0.218. The molecule has 2 rings (SSSR count). The number of rotatable bonds is 6. The Balaban J connectivity index is 1.58. The van der Waals surface area contributed by atoms with E-state index in [2.05, 4.69) is 26.8 Å². The first-order chi connectivity index (χ1) is 10.6. The third-order valence-electron chi connectivity index (χ3n) is 3.28. The monoisotopic (exact) mass is 370 g/mol. The molecule has 0 unspecified atom stereocenters. The largest absolute Gasteiger partial charge is 0.484 e. The number of halogens is 1.